The van der Waals surface area contributed by atoms with E-state index < -0.39 is 0 Å². The molecule has 2 nitrogen and oxygen atoms in total. The number of hydrogen-bond donors (Lipinski definition) is 2. The van der Waals surface area contributed by atoms with Crippen LogP contribution in [0.3, 0.4) is 0 Å². The molecule has 0 spiro atoms. The highest BCUT2D eigenvalue weighted by atomic mass is 35.5. The van der Waals surface area contributed by atoms with Crippen molar-refractivity contribution >= 4 is 34.6 Å². The highest BCUT2D eigenvalue weighted by Gasteiger charge is 2.15. The van der Waals surface area contributed by atoms with Crippen molar-refractivity contribution in [2.45, 2.75) is 39.7 Å². The van der Waals surface area contributed by atoms with Crippen LogP contribution >= 0.6 is 23.8 Å². The van der Waals surface area contributed by atoms with Crippen LogP contribution in [0, 0.1) is 6.92 Å². The van der Waals surface area contributed by atoms with Gasteiger partial charge in [0.2, 0.25) is 0 Å². The van der Waals surface area contributed by atoms with Gasteiger partial charge in [0.1, 0.15) is 0 Å². The molecule has 0 saturated carbocycles. The number of nitrogens with one attached hydrogen (secondary N) is 2. The van der Waals surface area contributed by atoms with Crippen molar-refractivity contribution in [1.29, 1.82) is 0 Å². The predicted octanol–water partition coefficient (Wildman–Crippen LogP) is 4.12. The van der Waals surface area contributed by atoms with E-state index in [1.807, 2.05) is 25.1 Å². The molecule has 0 amide bonds. The first kappa shape index (κ1) is 14.3. The highest BCUT2D eigenvalue weighted by Crippen LogP contribution is 2.20. The SMILES string of the molecule is CCC(C)(C)NC(=S)Nc1ccc(C)c(Cl)c1. The van der Waals surface area contributed by atoms with Gasteiger partial charge < -0.3 is 10.6 Å². The number of aryl methyl sites for hydroxylation is 1. The molecule has 94 valence electrons. The summed E-state index contributed by atoms with van der Waals surface area (Å²) in [6.45, 7) is 8.33. The van der Waals surface area contributed by atoms with Gasteiger partial charge in [-0.2, -0.15) is 0 Å². The van der Waals surface area contributed by atoms with E-state index in [9.17, 15) is 0 Å². The summed E-state index contributed by atoms with van der Waals surface area (Å²) in [6, 6.07) is 5.82. The van der Waals surface area contributed by atoms with Crippen LogP contribution in [0.5, 0.6) is 0 Å². The molecular formula is C13H19ClN2S. The zero-order chi connectivity index (χ0) is 13.1. The molecule has 0 atom stereocenters. The molecule has 0 fully saturated rings. The molecule has 0 aliphatic rings. The van der Waals surface area contributed by atoms with Crippen molar-refractivity contribution in [2.75, 3.05) is 5.32 Å². The second-order valence-corrected chi connectivity index (χ2v) is 5.60. The van der Waals surface area contributed by atoms with Gasteiger partial charge in [0.05, 0.1) is 0 Å². The van der Waals surface area contributed by atoms with Crippen LogP contribution in [0.4, 0.5) is 5.69 Å². The van der Waals surface area contributed by atoms with Crippen LogP contribution in [-0.4, -0.2) is 10.7 Å². The zero-order valence-electron chi connectivity index (χ0n) is 10.7. The maximum absolute atomic E-state index is 6.05. The molecule has 0 radical (unpaired) electrons. The lowest BCUT2D eigenvalue weighted by Gasteiger charge is -2.26. The summed E-state index contributed by atoms with van der Waals surface area (Å²) in [4.78, 5) is 0. The normalized spacial score (nSPS) is 11.1. The van der Waals surface area contributed by atoms with Crippen molar-refractivity contribution in [2.24, 2.45) is 0 Å². The summed E-state index contributed by atoms with van der Waals surface area (Å²) in [7, 11) is 0. The second-order valence-electron chi connectivity index (χ2n) is 4.78. The van der Waals surface area contributed by atoms with Gasteiger partial charge >= 0.3 is 0 Å². The van der Waals surface area contributed by atoms with Crippen LogP contribution in [0.2, 0.25) is 5.02 Å². The van der Waals surface area contributed by atoms with Crippen LogP contribution < -0.4 is 10.6 Å². The largest absolute Gasteiger partial charge is 0.358 e. The number of rotatable bonds is 3. The topological polar surface area (TPSA) is 24.1 Å². The van der Waals surface area contributed by atoms with E-state index in [-0.39, 0.29) is 5.54 Å². The Hall–Kier alpha value is -0.800. The number of thiocarbonyl (C=S) groups is 1. The summed E-state index contributed by atoms with van der Waals surface area (Å²) >= 11 is 11.3. The Bertz CT molecular complexity index is 416. The fourth-order valence-corrected chi connectivity index (χ4v) is 1.80. The predicted molar refractivity (Wildman–Crippen MR) is 79.9 cm³/mol. The molecule has 2 N–H and O–H groups in total. The lowest BCUT2D eigenvalue weighted by Crippen LogP contribution is -2.44. The van der Waals surface area contributed by atoms with Crippen molar-refractivity contribution in [3.63, 3.8) is 0 Å². The third-order valence-corrected chi connectivity index (χ3v) is 3.38. The minimum atomic E-state index is -0.00141. The lowest BCUT2D eigenvalue weighted by molar-refractivity contribution is 0.448. The third-order valence-electron chi connectivity index (χ3n) is 2.77. The highest BCUT2D eigenvalue weighted by molar-refractivity contribution is 7.80. The van der Waals surface area contributed by atoms with E-state index in [0.717, 1.165) is 22.7 Å². The molecule has 4 heteroatoms. The molecule has 0 saturated heterocycles. The van der Waals surface area contributed by atoms with Crippen molar-refractivity contribution in [3.05, 3.63) is 28.8 Å². The molecule has 0 bridgehead atoms. The summed E-state index contributed by atoms with van der Waals surface area (Å²) < 4.78 is 0. The first-order valence-electron chi connectivity index (χ1n) is 5.69. The van der Waals surface area contributed by atoms with Gasteiger partial charge in [0, 0.05) is 16.2 Å². The molecule has 1 rings (SSSR count). The number of halogens is 1. The first-order valence-corrected chi connectivity index (χ1v) is 6.48. The summed E-state index contributed by atoms with van der Waals surface area (Å²) in [5.74, 6) is 0. The molecule has 1 aromatic carbocycles. The lowest BCUT2D eigenvalue weighted by atomic mass is 10.0. The van der Waals surface area contributed by atoms with Gasteiger partial charge in [-0.3, -0.25) is 0 Å². The van der Waals surface area contributed by atoms with Gasteiger partial charge in [0.15, 0.2) is 5.11 Å². The maximum atomic E-state index is 6.05. The average molecular weight is 271 g/mol. The quantitative estimate of drug-likeness (QED) is 0.808. The van der Waals surface area contributed by atoms with E-state index in [2.05, 4.69) is 31.4 Å². The van der Waals surface area contributed by atoms with Gasteiger partial charge in [0.25, 0.3) is 0 Å². The molecule has 0 unspecified atom stereocenters. The molecule has 0 aliphatic heterocycles. The molecule has 17 heavy (non-hydrogen) atoms. The zero-order valence-corrected chi connectivity index (χ0v) is 12.3. The van der Waals surface area contributed by atoms with E-state index in [0.29, 0.717) is 5.11 Å². The Morgan fingerprint density at radius 1 is 1.41 bits per heavy atom. The Morgan fingerprint density at radius 3 is 2.59 bits per heavy atom. The molecule has 0 heterocycles. The molecular weight excluding hydrogens is 252 g/mol. The van der Waals surface area contributed by atoms with Gasteiger partial charge in [-0.05, 0) is 57.1 Å². The smallest absolute Gasteiger partial charge is 0.171 e. The van der Waals surface area contributed by atoms with Gasteiger partial charge in [-0.25, -0.2) is 0 Å². The Labute approximate surface area is 114 Å². The number of anilines is 1. The van der Waals surface area contributed by atoms with Crippen LogP contribution in [0.25, 0.3) is 0 Å². The van der Waals surface area contributed by atoms with E-state index >= 15 is 0 Å². The first-order chi connectivity index (χ1) is 7.84. The summed E-state index contributed by atoms with van der Waals surface area (Å²) in [5.41, 5.74) is 1.97. The molecule has 0 aliphatic carbocycles. The number of benzene rings is 1. The van der Waals surface area contributed by atoms with Crippen LogP contribution in [0.1, 0.15) is 32.8 Å². The third kappa shape index (κ3) is 4.52. The monoisotopic (exact) mass is 270 g/mol. The molecule has 0 aromatic heterocycles. The van der Waals surface area contributed by atoms with Crippen LogP contribution in [-0.2, 0) is 0 Å². The maximum Gasteiger partial charge on any atom is 0.171 e. The van der Waals surface area contributed by atoms with Crippen LogP contribution in [0.15, 0.2) is 18.2 Å². The second kappa shape index (κ2) is 5.69. The average Bonchev–Trinajstić information content (AvgIpc) is 2.23. The van der Waals surface area contributed by atoms with Crippen molar-refractivity contribution in [3.8, 4) is 0 Å². The minimum Gasteiger partial charge on any atom is -0.358 e. The van der Waals surface area contributed by atoms with E-state index in [1.54, 1.807) is 0 Å². The van der Waals surface area contributed by atoms with Crippen molar-refractivity contribution < 1.29 is 0 Å². The van der Waals surface area contributed by atoms with E-state index in [1.165, 1.54) is 0 Å². The Kier molecular flexibility index (Phi) is 4.78. The summed E-state index contributed by atoms with van der Waals surface area (Å²) in [5, 5.41) is 7.77. The van der Waals surface area contributed by atoms with Crippen molar-refractivity contribution in [1.82, 2.24) is 5.32 Å². The fourth-order valence-electron chi connectivity index (χ4n) is 1.23. The summed E-state index contributed by atoms with van der Waals surface area (Å²) in [6.07, 6.45) is 1.00. The standard InChI is InChI=1S/C13H19ClN2S/c1-5-13(3,4)16-12(17)15-10-7-6-9(2)11(14)8-10/h6-8H,5H2,1-4H3,(H2,15,16,17). The molecule has 1 aromatic rings. The fraction of sp³-hybridized carbons (Fsp3) is 0.462. The number of hydrogen-bond acceptors (Lipinski definition) is 1. The Balaban J connectivity index is 2.65. The van der Waals surface area contributed by atoms with E-state index in [4.69, 9.17) is 23.8 Å². The minimum absolute atomic E-state index is 0.00141. The van der Waals surface area contributed by atoms with Gasteiger partial charge in [-0.1, -0.05) is 24.6 Å². The Morgan fingerprint density at radius 2 is 2.06 bits per heavy atom. The van der Waals surface area contributed by atoms with Gasteiger partial charge in [-0.15, -0.1) is 0 Å².